The molecule has 2 aromatic heterocycles. The molecular weight excluding hydrogens is 454 g/mol. The molecule has 0 saturated carbocycles. The summed E-state index contributed by atoms with van der Waals surface area (Å²) in [6.07, 6.45) is 10.2. The van der Waals surface area contributed by atoms with E-state index < -0.39 is 5.91 Å². The minimum atomic E-state index is -0.594. The van der Waals surface area contributed by atoms with E-state index in [0.717, 1.165) is 42.3 Å². The van der Waals surface area contributed by atoms with Gasteiger partial charge in [0.05, 0.1) is 24.5 Å². The summed E-state index contributed by atoms with van der Waals surface area (Å²) in [5, 5.41) is 14.0. The SMILES string of the molecule is NC(=O)c1cn([C@@H](CO)CCn2ccc3ccc(NC(=O)CCCCCc4ccccc4)cc32)cn1. The van der Waals surface area contributed by atoms with Crippen molar-refractivity contribution in [3.8, 4) is 0 Å². The first-order valence-corrected chi connectivity index (χ1v) is 12.4. The maximum atomic E-state index is 12.5. The normalized spacial score (nSPS) is 12.0. The van der Waals surface area contributed by atoms with Gasteiger partial charge in [-0.3, -0.25) is 9.59 Å². The Balaban J connectivity index is 1.29. The summed E-state index contributed by atoms with van der Waals surface area (Å²) in [5.41, 5.74) is 8.58. The van der Waals surface area contributed by atoms with Gasteiger partial charge in [-0.15, -0.1) is 0 Å². The molecule has 36 heavy (non-hydrogen) atoms. The van der Waals surface area contributed by atoms with E-state index in [1.165, 1.54) is 11.9 Å². The second kappa shape index (κ2) is 12.2. The number of hydrogen-bond donors (Lipinski definition) is 3. The highest BCUT2D eigenvalue weighted by molar-refractivity contribution is 5.93. The summed E-state index contributed by atoms with van der Waals surface area (Å²) in [6, 6.07) is 18.1. The van der Waals surface area contributed by atoms with Crippen molar-refractivity contribution >= 4 is 28.4 Å². The third-order valence-electron chi connectivity index (χ3n) is 6.46. The van der Waals surface area contributed by atoms with Crippen molar-refractivity contribution in [1.82, 2.24) is 14.1 Å². The van der Waals surface area contributed by atoms with E-state index in [1.54, 1.807) is 10.8 Å². The molecule has 0 radical (unpaired) electrons. The summed E-state index contributed by atoms with van der Waals surface area (Å²) in [6.45, 7) is 0.568. The first-order valence-electron chi connectivity index (χ1n) is 12.4. The standard InChI is InChI=1S/C28H33N5O3/c29-28(36)25-18-33(20-30-25)24(19-34)14-16-32-15-13-22-11-12-23(17-26(22)32)31-27(35)10-6-2-5-9-21-7-3-1-4-8-21/h1,3-4,7-8,11-13,15,17-18,20,24,34H,2,5-6,9-10,14,16,19H2,(H2,29,36)(H,31,35)/t24-/m1/s1. The number of aromatic nitrogens is 3. The van der Waals surface area contributed by atoms with Crippen molar-refractivity contribution in [2.24, 2.45) is 5.73 Å². The number of nitrogens with two attached hydrogens (primary N) is 1. The number of carbonyl (C=O) groups excluding carboxylic acids is 2. The van der Waals surface area contributed by atoms with Crippen molar-refractivity contribution in [2.75, 3.05) is 11.9 Å². The molecule has 8 heteroatoms. The van der Waals surface area contributed by atoms with Crippen LogP contribution >= 0.6 is 0 Å². The number of primary amides is 1. The Hall–Kier alpha value is -3.91. The van der Waals surface area contributed by atoms with Crippen LogP contribution in [0, 0.1) is 0 Å². The summed E-state index contributed by atoms with van der Waals surface area (Å²) >= 11 is 0. The zero-order chi connectivity index (χ0) is 25.3. The summed E-state index contributed by atoms with van der Waals surface area (Å²) < 4.78 is 3.82. The van der Waals surface area contributed by atoms with E-state index >= 15 is 0 Å². The lowest BCUT2D eigenvalue weighted by atomic mass is 10.1. The average molecular weight is 488 g/mol. The number of nitrogens with one attached hydrogen (secondary N) is 1. The number of aliphatic hydroxyl groups is 1. The van der Waals surface area contributed by atoms with Crippen LogP contribution in [0.4, 0.5) is 5.69 Å². The minimum Gasteiger partial charge on any atom is -0.394 e. The molecule has 0 aliphatic heterocycles. The zero-order valence-corrected chi connectivity index (χ0v) is 20.3. The van der Waals surface area contributed by atoms with Gasteiger partial charge in [0.25, 0.3) is 5.91 Å². The van der Waals surface area contributed by atoms with Crippen molar-refractivity contribution in [3.63, 3.8) is 0 Å². The molecule has 0 saturated heterocycles. The van der Waals surface area contributed by atoms with Gasteiger partial charge in [-0.25, -0.2) is 4.98 Å². The van der Waals surface area contributed by atoms with Gasteiger partial charge in [-0.05, 0) is 54.8 Å². The van der Waals surface area contributed by atoms with Crippen LogP contribution in [0.1, 0.15) is 54.2 Å². The molecule has 0 bridgehead atoms. The molecule has 4 rings (SSSR count). The van der Waals surface area contributed by atoms with Gasteiger partial charge in [0.2, 0.25) is 5.91 Å². The summed E-state index contributed by atoms with van der Waals surface area (Å²) in [4.78, 5) is 27.8. The molecule has 0 fully saturated rings. The molecule has 0 spiro atoms. The van der Waals surface area contributed by atoms with Crippen molar-refractivity contribution in [3.05, 3.63) is 84.6 Å². The van der Waals surface area contributed by atoms with E-state index in [-0.39, 0.29) is 24.2 Å². The van der Waals surface area contributed by atoms with Gasteiger partial charge in [0.15, 0.2) is 0 Å². The Bertz CT molecular complexity index is 1300. The number of imidazole rings is 1. The highest BCUT2D eigenvalue weighted by Gasteiger charge is 2.14. The first-order chi connectivity index (χ1) is 17.5. The van der Waals surface area contributed by atoms with Gasteiger partial charge >= 0.3 is 0 Å². The van der Waals surface area contributed by atoms with E-state index in [1.807, 2.05) is 36.5 Å². The highest BCUT2D eigenvalue weighted by atomic mass is 16.3. The van der Waals surface area contributed by atoms with Crippen LogP contribution in [0.3, 0.4) is 0 Å². The lowest BCUT2D eigenvalue weighted by Gasteiger charge is -2.16. The second-order valence-electron chi connectivity index (χ2n) is 9.07. The molecule has 0 unspecified atom stereocenters. The Morgan fingerprint density at radius 1 is 1.06 bits per heavy atom. The Morgan fingerprint density at radius 2 is 1.89 bits per heavy atom. The van der Waals surface area contributed by atoms with Gasteiger partial charge in [0, 0.05) is 31.0 Å². The van der Waals surface area contributed by atoms with Crippen LogP contribution < -0.4 is 11.1 Å². The predicted molar refractivity (Wildman–Crippen MR) is 141 cm³/mol. The quantitative estimate of drug-likeness (QED) is 0.244. The Labute approximate surface area is 210 Å². The minimum absolute atomic E-state index is 0.0258. The third kappa shape index (κ3) is 6.60. The molecular formula is C28H33N5O3. The highest BCUT2D eigenvalue weighted by Crippen LogP contribution is 2.23. The topological polar surface area (TPSA) is 115 Å². The molecule has 4 aromatic rings. The number of rotatable bonds is 13. The van der Waals surface area contributed by atoms with E-state index in [4.69, 9.17) is 5.73 Å². The number of nitrogens with zero attached hydrogens (tertiary/aromatic N) is 3. The number of unbranched alkanes of at least 4 members (excludes halogenated alkanes) is 2. The van der Waals surface area contributed by atoms with Crippen LogP contribution in [0.2, 0.25) is 0 Å². The lowest BCUT2D eigenvalue weighted by Crippen LogP contribution is -2.15. The van der Waals surface area contributed by atoms with Crippen LogP contribution in [-0.2, 0) is 17.8 Å². The second-order valence-corrected chi connectivity index (χ2v) is 9.07. The van der Waals surface area contributed by atoms with Crippen molar-refractivity contribution < 1.29 is 14.7 Å². The number of aryl methyl sites for hydroxylation is 2. The molecule has 0 aliphatic carbocycles. The van der Waals surface area contributed by atoms with Crippen LogP contribution in [0.15, 0.2) is 73.3 Å². The summed E-state index contributed by atoms with van der Waals surface area (Å²) in [5.74, 6) is -0.568. The number of aliphatic hydroxyl groups excluding tert-OH is 1. The summed E-state index contributed by atoms with van der Waals surface area (Å²) in [7, 11) is 0. The van der Waals surface area contributed by atoms with E-state index in [2.05, 4.69) is 39.1 Å². The van der Waals surface area contributed by atoms with Crippen molar-refractivity contribution in [1.29, 1.82) is 0 Å². The number of fused-ring (bicyclic) bond motifs is 1. The predicted octanol–water partition coefficient (Wildman–Crippen LogP) is 4.30. The van der Waals surface area contributed by atoms with Crippen LogP contribution in [0.25, 0.3) is 10.9 Å². The van der Waals surface area contributed by atoms with Crippen molar-refractivity contribution in [2.45, 2.75) is 51.1 Å². The van der Waals surface area contributed by atoms with Crippen LogP contribution in [0.5, 0.6) is 0 Å². The number of anilines is 1. The van der Waals surface area contributed by atoms with Gasteiger partial charge in [0.1, 0.15) is 5.69 Å². The van der Waals surface area contributed by atoms with Crippen LogP contribution in [-0.4, -0.2) is 37.6 Å². The average Bonchev–Trinajstić information content (AvgIpc) is 3.53. The fourth-order valence-electron chi connectivity index (χ4n) is 4.40. The molecule has 8 nitrogen and oxygen atoms in total. The maximum absolute atomic E-state index is 12.5. The number of carbonyl (C=O) groups is 2. The Kier molecular flexibility index (Phi) is 8.52. The number of amides is 2. The lowest BCUT2D eigenvalue weighted by molar-refractivity contribution is -0.116. The van der Waals surface area contributed by atoms with E-state index in [0.29, 0.717) is 19.4 Å². The fraction of sp³-hybridized carbons (Fsp3) is 0.321. The zero-order valence-electron chi connectivity index (χ0n) is 20.3. The molecule has 188 valence electrons. The van der Waals surface area contributed by atoms with Gasteiger partial charge in [-0.2, -0.15) is 0 Å². The largest absolute Gasteiger partial charge is 0.394 e. The monoisotopic (exact) mass is 487 g/mol. The number of benzene rings is 2. The Morgan fingerprint density at radius 3 is 2.64 bits per heavy atom. The first kappa shape index (κ1) is 25.2. The molecule has 4 N–H and O–H groups in total. The fourth-order valence-corrected chi connectivity index (χ4v) is 4.40. The van der Waals surface area contributed by atoms with Gasteiger partial charge in [-0.1, -0.05) is 42.8 Å². The number of hydrogen-bond acceptors (Lipinski definition) is 4. The molecule has 2 aromatic carbocycles. The smallest absolute Gasteiger partial charge is 0.268 e. The molecule has 1 atom stereocenters. The third-order valence-corrected chi connectivity index (χ3v) is 6.46. The maximum Gasteiger partial charge on any atom is 0.268 e. The van der Waals surface area contributed by atoms with E-state index in [9.17, 15) is 14.7 Å². The van der Waals surface area contributed by atoms with Gasteiger partial charge < -0.3 is 25.3 Å². The molecule has 0 aliphatic rings. The molecule has 2 heterocycles. The molecule has 2 amide bonds.